The van der Waals surface area contributed by atoms with Crippen molar-refractivity contribution >= 4 is 5.97 Å². The molecule has 0 aromatic heterocycles. The molecule has 0 saturated carbocycles. The molecule has 0 fully saturated rings. The number of hydrogen-bond donors (Lipinski definition) is 1. The molecule has 0 aliphatic rings. The van der Waals surface area contributed by atoms with Crippen molar-refractivity contribution < 1.29 is 9.53 Å². The molecule has 2 N–H and O–H groups in total. The molecule has 0 aliphatic carbocycles. The van der Waals surface area contributed by atoms with Crippen LogP contribution in [0.2, 0.25) is 0 Å². The van der Waals surface area contributed by atoms with Gasteiger partial charge in [-0.1, -0.05) is 25.1 Å². The largest absolute Gasteiger partial charge is 0.469 e. The molecule has 0 aliphatic heterocycles. The first-order chi connectivity index (χ1) is 8.51. The molecular formula is C15H23NO2. The van der Waals surface area contributed by atoms with Gasteiger partial charge in [0.1, 0.15) is 0 Å². The van der Waals surface area contributed by atoms with E-state index in [0.717, 1.165) is 12.0 Å². The van der Waals surface area contributed by atoms with Crippen molar-refractivity contribution in [1.29, 1.82) is 0 Å². The summed E-state index contributed by atoms with van der Waals surface area (Å²) < 4.78 is 4.77. The summed E-state index contributed by atoms with van der Waals surface area (Å²) in [4.78, 5) is 11.5. The topological polar surface area (TPSA) is 52.3 Å². The zero-order valence-corrected chi connectivity index (χ0v) is 11.7. The molecule has 100 valence electrons. The van der Waals surface area contributed by atoms with E-state index in [9.17, 15) is 4.79 Å². The Morgan fingerprint density at radius 3 is 2.61 bits per heavy atom. The van der Waals surface area contributed by atoms with Crippen LogP contribution in [0, 0.1) is 13.8 Å². The maximum Gasteiger partial charge on any atom is 0.306 e. The molecule has 1 aromatic rings. The Labute approximate surface area is 109 Å². The fourth-order valence-electron chi connectivity index (χ4n) is 2.21. The Hall–Kier alpha value is -1.35. The first-order valence-corrected chi connectivity index (χ1v) is 6.39. The van der Waals surface area contributed by atoms with Crippen LogP contribution in [0.5, 0.6) is 0 Å². The Balaban J connectivity index is 3.09. The molecule has 0 radical (unpaired) electrons. The maximum absolute atomic E-state index is 11.5. The fourth-order valence-corrected chi connectivity index (χ4v) is 2.21. The van der Waals surface area contributed by atoms with Crippen LogP contribution in [0.1, 0.15) is 42.4 Å². The highest BCUT2D eigenvalue weighted by molar-refractivity contribution is 5.70. The van der Waals surface area contributed by atoms with Gasteiger partial charge in [0, 0.05) is 12.0 Å². The minimum absolute atomic E-state index is 0.0235. The molecule has 3 nitrogen and oxygen atoms in total. The monoisotopic (exact) mass is 249 g/mol. The number of carbonyl (C=O) groups is 1. The molecule has 18 heavy (non-hydrogen) atoms. The number of rotatable bonds is 5. The van der Waals surface area contributed by atoms with E-state index < -0.39 is 0 Å². The van der Waals surface area contributed by atoms with Crippen LogP contribution >= 0.6 is 0 Å². The summed E-state index contributed by atoms with van der Waals surface area (Å²) in [6.45, 7) is 6.20. The number of ether oxygens (including phenoxy) is 1. The Morgan fingerprint density at radius 2 is 2.06 bits per heavy atom. The molecule has 3 heteroatoms. The molecule has 0 bridgehead atoms. The van der Waals surface area contributed by atoms with E-state index in [0.29, 0.717) is 6.42 Å². The molecule has 2 atom stereocenters. The van der Waals surface area contributed by atoms with Crippen molar-refractivity contribution in [2.24, 2.45) is 5.73 Å². The first-order valence-electron chi connectivity index (χ1n) is 6.39. The van der Waals surface area contributed by atoms with Crippen LogP contribution in [0.25, 0.3) is 0 Å². The van der Waals surface area contributed by atoms with Crippen LogP contribution in [-0.4, -0.2) is 19.1 Å². The van der Waals surface area contributed by atoms with Crippen LogP contribution in [-0.2, 0) is 9.53 Å². The second-order valence-corrected chi connectivity index (χ2v) is 4.75. The van der Waals surface area contributed by atoms with Crippen LogP contribution in [0.3, 0.4) is 0 Å². The minimum atomic E-state index is -0.204. The average molecular weight is 249 g/mol. The third-order valence-corrected chi connectivity index (χ3v) is 3.65. The lowest BCUT2D eigenvalue weighted by atomic mass is 9.84. The third-order valence-electron chi connectivity index (χ3n) is 3.65. The van der Waals surface area contributed by atoms with Crippen molar-refractivity contribution in [2.45, 2.75) is 45.6 Å². The molecule has 2 unspecified atom stereocenters. The highest BCUT2D eigenvalue weighted by atomic mass is 16.5. The lowest BCUT2D eigenvalue weighted by Crippen LogP contribution is -2.30. The Bertz CT molecular complexity index is 415. The summed E-state index contributed by atoms with van der Waals surface area (Å²) in [5.74, 6) is -0.174. The van der Waals surface area contributed by atoms with Gasteiger partial charge in [-0.2, -0.15) is 0 Å². The number of aryl methyl sites for hydroxylation is 1. The van der Waals surface area contributed by atoms with Crippen molar-refractivity contribution in [3.05, 3.63) is 34.9 Å². The van der Waals surface area contributed by atoms with Gasteiger partial charge in [-0.15, -0.1) is 0 Å². The summed E-state index contributed by atoms with van der Waals surface area (Å²) in [6, 6.07) is 6.13. The van der Waals surface area contributed by atoms with Crippen LogP contribution < -0.4 is 5.73 Å². The van der Waals surface area contributed by atoms with Crippen molar-refractivity contribution in [3.8, 4) is 0 Å². The summed E-state index contributed by atoms with van der Waals surface area (Å²) in [5, 5.41) is 0. The summed E-state index contributed by atoms with van der Waals surface area (Å²) in [7, 11) is 1.42. The summed E-state index contributed by atoms with van der Waals surface area (Å²) in [6.07, 6.45) is 1.19. The lowest BCUT2D eigenvalue weighted by Gasteiger charge is -2.24. The standard InChI is InChI=1S/C15H23NO2/c1-5-14(16)13(9-15(17)18-4)12-8-6-7-10(2)11(12)3/h6-8,13-14H,5,9,16H2,1-4H3. The van der Waals surface area contributed by atoms with Gasteiger partial charge in [0.15, 0.2) is 0 Å². The fraction of sp³-hybridized carbons (Fsp3) is 0.533. The van der Waals surface area contributed by atoms with Gasteiger partial charge < -0.3 is 10.5 Å². The molecule has 0 heterocycles. The predicted molar refractivity (Wildman–Crippen MR) is 73.6 cm³/mol. The zero-order valence-electron chi connectivity index (χ0n) is 11.7. The number of methoxy groups -OCH3 is 1. The summed E-state index contributed by atoms with van der Waals surface area (Å²) >= 11 is 0. The SMILES string of the molecule is CCC(N)C(CC(=O)OC)c1cccc(C)c1C. The molecule has 0 spiro atoms. The normalized spacial score (nSPS) is 14.1. The third kappa shape index (κ3) is 3.33. The van der Waals surface area contributed by atoms with E-state index >= 15 is 0 Å². The molecule has 0 saturated heterocycles. The molecule has 1 aromatic carbocycles. The average Bonchev–Trinajstić information content (AvgIpc) is 2.38. The Morgan fingerprint density at radius 1 is 1.39 bits per heavy atom. The smallest absolute Gasteiger partial charge is 0.306 e. The number of benzene rings is 1. The van der Waals surface area contributed by atoms with Crippen molar-refractivity contribution in [3.63, 3.8) is 0 Å². The van der Waals surface area contributed by atoms with Gasteiger partial charge in [0.25, 0.3) is 0 Å². The maximum atomic E-state index is 11.5. The van der Waals surface area contributed by atoms with E-state index in [-0.39, 0.29) is 17.9 Å². The van der Waals surface area contributed by atoms with Crippen molar-refractivity contribution in [2.75, 3.05) is 7.11 Å². The van der Waals surface area contributed by atoms with E-state index in [1.807, 2.05) is 13.0 Å². The highest BCUT2D eigenvalue weighted by Crippen LogP contribution is 2.28. The van der Waals surface area contributed by atoms with Gasteiger partial charge >= 0.3 is 5.97 Å². The number of carbonyl (C=O) groups excluding carboxylic acids is 1. The van der Waals surface area contributed by atoms with E-state index in [4.69, 9.17) is 10.5 Å². The highest BCUT2D eigenvalue weighted by Gasteiger charge is 2.24. The number of hydrogen-bond acceptors (Lipinski definition) is 3. The lowest BCUT2D eigenvalue weighted by molar-refractivity contribution is -0.141. The molecule has 0 amide bonds. The van der Waals surface area contributed by atoms with E-state index in [2.05, 4.69) is 26.0 Å². The predicted octanol–water partition coefficient (Wildman–Crippen LogP) is 2.69. The van der Waals surface area contributed by atoms with Gasteiger partial charge in [0.05, 0.1) is 13.5 Å². The van der Waals surface area contributed by atoms with Gasteiger partial charge in [-0.25, -0.2) is 0 Å². The minimum Gasteiger partial charge on any atom is -0.469 e. The van der Waals surface area contributed by atoms with Gasteiger partial charge in [-0.05, 0) is 37.0 Å². The van der Waals surface area contributed by atoms with Crippen molar-refractivity contribution in [1.82, 2.24) is 0 Å². The first kappa shape index (κ1) is 14.7. The quantitative estimate of drug-likeness (QED) is 0.816. The second-order valence-electron chi connectivity index (χ2n) is 4.75. The molecule has 1 rings (SSSR count). The Kier molecular flexibility index (Phi) is 5.35. The van der Waals surface area contributed by atoms with Crippen LogP contribution in [0.4, 0.5) is 0 Å². The molecular weight excluding hydrogens is 226 g/mol. The summed E-state index contributed by atoms with van der Waals surface area (Å²) in [5.41, 5.74) is 9.77. The number of nitrogens with two attached hydrogens (primary N) is 1. The zero-order chi connectivity index (χ0) is 13.7. The van der Waals surface area contributed by atoms with Crippen LogP contribution in [0.15, 0.2) is 18.2 Å². The van der Waals surface area contributed by atoms with E-state index in [1.54, 1.807) is 0 Å². The van der Waals surface area contributed by atoms with E-state index in [1.165, 1.54) is 18.2 Å². The second kappa shape index (κ2) is 6.55. The van der Waals surface area contributed by atoms with Gasteiger partial charge in [0.2, 0.25) is 0 Å². The van der Waals surface area contributed by atoms with Gasteiger partial charge in [-0.3, -0.25) is 4.79 Å². The number of esters is 1.